The summed E-state index contributed by atoms with van der Waals surface area (Å²) in [4.78, 5) is 17.7. The Morgan fingerprint density at radius 1 is 1.17 bits per heavy atom. The lowest BCUT2D eigenvalue weighted by Crippen LogP contribution is -2.48. The maximum absolute atomic E-state index is 12.7. The van der Waals surface area contributed by atoms with Gasteiger partial charge in [-0.1, -0.05) is 12.1 Å². The predicted molar refractivity (Wildman–Crippen MR) is 87.0 cm³/mol. The van der Waals surface area contributed by atoms with Crippen LogP contribution in [-0.4, -0.2) is 54.6 Å². The summed E-state index contributed by atoms with van der Waals surface area (Å²) in [5.74, 6) is -0.0829. The number of Topliss-reactive ketones (excluding diaryl/α,β-unsaturated/α-hetero) is 1. The van der Waals surface area contributed by atoms with Crippen molar-refractivity contribution in [2.24, 2.45) is 0 Å². The number of hydrogen-bond acceptors (Lipinski definition) is 6. The number of carbonyl (C=O) groups is 1. The van der Waals surface area contributed by atoms with Gasteiger partial charge >= 0.3 is 0 Å². The van der Waals surface area contributed by atoms with Gasteiger partial charge in [-0.25, -0.2) is 13.4 Å². The van der Waals surface area contributed by atoms with Gasteiger partial charge < -0.3 is 4.42 Å². The Labute approximate surface area is 140 Å². The zero-order valence-electron chi connectivity index (χ0n) is 13.4. The monoisotopic (exact) mass is 349 g/mol. The van der Waals surface area contributed by atoms with Gasteiger partial charge in [0.2, 0.25) is 10.0 Å². The molecule has 0 unspecified atom stereocenters. The summed E-state index contributed by atoms with van der Waals surface area (Å²) in [5.41, 5.74) is 1.34. The first-order chi connectivity index (χ1) is 11.5. The molecular formula is C16H19N3O4S. The molecule has 0 atom stereocenters. The number of ketones is 1. The number of sulfonamides is 1. The summed E-state index contributed by atoms with van der Waals surface area (Å²) in [7, 11) is -3.53. The molecule has 128 valence electrons. The number of benzene rings is 1. The molecule has 7 nitrogen and oxygen atoms in total. The number of carbonyl (C=O) groups excluding carboxylic acids is 1. The molecule has 0 amide bonds. The van der Waals surface area contributed by atoms with Crippen LogP contribution in [0.5, 0.6) is 0 Å². The van der Waals surface area contributed by atoms with E-state index in [1.165, 1.54) is 29.8 Å². The van der Waals surface area contributed by atoms with Crippen molar-refractivity contribution in [2.75, 3.05) is 26.2 Å². The molecule has 1 fully saturated rings. The fraction of sp³-hybridized carbons (Fsp3) is 0.375. The van der Waals surface area contributed by atoms with Crippen LogP contribution in [0.25, 0.3) is 0 Å². The van der Waals surface area contributed by atoms with E-state index in [0.29, 0.717) is 38.3 Å². The zero-order valence-corrected chi connectivity index (χ0v) is 14.2. The minimum Gasteiger partial charge on any atom is -0.451 e. The fourth-order valence-corrected chi connectivity index (χ4v) is 4.11. The van der Waals surface area contributed by atoms with Crippen LogP contribution in [0.15, 0.2) is 46.2 Å². The molecule has 3 rings (SSSR count). The molecule has 0 saturated carbocycles. The minimum absolute atomic E-state index is 0.0829. The second kappa shape index (κ2) is 6.84. The van der Waals surface area contributed by atoms with Gasteiger partial charge in [0.05, 0.1) is 10.6 Å². The van der Waals surface area contributed by atoms with E-state index < -0.39 is 10.0 Å². The van der Waals surface area contributed by atoms with Gasteiger partial charge in [0.25, 0.3) is 0 Å². The van der Waals surface area contributed by atoms with E-state index in [0.717, 1.165) is 5.69 Å². The summed E-state index contributed by atoms with van der Waals surface area (Å²) < 4.78 is 31.8. The fourth-order valence-electron chi connectivity index (χ4n) is 2.68. The van der Waals surface area contributed by atoms with Crippen LogP contribution in [-0.2, 0) is 16.6 Å². The Morgan fingerprint density at radius 3 is 2.38 bits per heavy atom. The third-order valence-electron chi connectivity index (χ3n) is 4.10. The molecule has 1 aromatic carbocycles. The van der Waals surface area contributed by atoms with Crippen molar-refractivity contribution in [2.45, 2.75) is 18.4 Å². The molecule has 1 aliphatic rings. The van der Waals surface area contributed by atoms with E-state index in [1.54, 1.807) is 18.4 Å². The molecule has 1 aliphatic heterocycles. The average molecular weight is 349 g/mol. The largest absolute Gasteiger partial charge is 0.451 e. The molecule has 1 aromatic heterocycles. The van der Waals surface area contributed by atoms with Gasteiger partial charge in [-0.05, 0) is 19.1 Å². The normalized spacial score (nSPS) is 17.0. The Hall–Kier alpha value is -2.03. The van der Waals surface area contributed by atoms with Gasteiger partial charge in [-0.3, -0.25) is 9.69 Å². The van der Waals surface area contributed by atoms with Gasteiger partial charge in [-0.2, -0.15) is 4.31 Å². The van der Waals surface area contributed by atoms with Gasteiger partial charge in [0.15, 0.2) is 12.2 Å². The molecule has 0 bridgehead atoms. The molecule has 0 spiro atoms. The third-order valence-corrected chi connectivity index (χ3v) is 6.01. The van der Waals surface area contributed by atoms with Gasteiger partial charge in [0.1, 0.15) is 6.26 Å². The number of oxazole rings is 1. The highest BCUT2D eigenvalue weighted by molar-refractivity contribution is 7.89. The van der Waals surface area contributed by atoms with Crippen molar-refractivity contribution < 1.29 is 17.6 Å². The maximum Gasteiger partial charge on any atom is 0.243 e. The SMILES string of the molecule is CC(=O)c1ccc(S(=O)(=O)N2CCN(Cc3cocn3)CC2)cc1. The predicted octanol–water partition coefficient (Wildman–Crippen LogP) is 1.38. The summed E-state index contributed by atoms with van der Waals surface area (Å²) >= 11 is 0. The minimum atomic E-state index is -3.53. The molecule has 0 radical (unpaired) electrons. The molecule has 24 heavy (non-hydrogen) atoms. The van der Waals surface area contributed by atoms with Crippen molar-refractivity contribution in [1.82, 2.24) is 14.2 Å². The number of rotatable bonds is 5. The topological polar surface area (TPSA) is 83.7 Å². The lowest BCUT2D eigenvalue weighted by molar-refractivity contribution is 0.101. The molecule has 8 heteroatoms. The number of aromatic nitrogens is 1. The highest BCUT2D eigenvalue weighted by atomic mass is 32.2. The quantitative estimate of drug-likeness (QED) is 0.759. The smallest absolute Gasteiger partial charge is 0.243 e. The second-order valence-electron chi connectivity index (χ2n) is 5.74. The third kappa shape index (κ3) is 3.55. The number of hydrogen-bond donors (Lipinski definition) is 0. The van der Waals surface area contributed by atoms with Crippen LogP contribution in [0.4, 0.5) is 0 Å². The van der Waals surface area contributed by atoms with E-state index in [2.05, 4.69) is 9.88 Å². The molecular weight excluding hydrogens is 330 g/mol. The van der Waals surface area contributed by atoms with Crippen molar-refractivity contribution in [3.63, 3.8) is 0 Å². The van der Waals surface area contributed by atoms with Crippen LogP contribution >= 0.6 is 0 Å². The van der Waals surface area contributed by atoms with Crippen molar-refractivity contribution in [1.29, 1.82) is 0 Å². The first-order valence-electron chi connectivity index (χ1n) is 7.67. The Balaban J connectivity index is 1.65. The van der Waals surface area contributed by atoms with Gasteiger partial charge in [-0.15, -0.1) is 0 Å². The van der Waals surface area contributed by atoms with Crippen LogP contribution in [0.2, 0.25) is 0 Å². The Morgan fingerprint density at radius 2 is 1.83 bits per heavy atom. The maximum atomic E-state index is 12.7. The van der Waals surface area contributed by atoms with Crippen LogP contribution in [0.1, 0.15) is 23.0 Å². The average Bonchev–Trinajstić information content (AvgIpc) is 3.08. The first-order valence-corrected chi connectivity index (χ1v) is 9.11. The van der Waals surface area contributed by atoms with Crippen LogP contribution in [0, 0.1) is 0 Å². The Bertz CT molecular complexity index is 792. The summed E-state index contributed by atoms with van der Waals surface area (Å²) in [6, 6.07) is 6.09. The van der Waals surface area contributed by atoms with E-state index in [1.807, 2.05) is 0 Å². The second-order valence-corrected chi connectivity index (χ2v) is 7.68. The molecule has 1 saturated heterocycles. The lowest BCUT2D eigenvalue weighted by Gasteiger charge is -2.33. The first kappa shape index (κ1) is 16.8. The van der Waals surface area contributed by atoms with Gasteiger partial charge in [0, 0.05) is 38.3 Å². The van der Waals surface area contributed by atoms with E-state index in [-0.39, 0.29) is 10.7 Å². The van der Waals surface area contributed by atoms with Crippen LogP contribution in [0.3, 0.4) is 0 Å². The molecule has 2 heterocycles. The highest BCUT2D eigenvalue weighted by Gasteiger charge is 2.28. The van der Waals surface area contributed by atoms with Crippen LogP contribution < -0.4 is 0 Å². The standard InChI is InChI=1S/C16H19N3O4S/c1-13(20)14-2-4-16(5-3-14)24(21,22)19-8-6-18(7-9-19)10-15-11-23-12-17-15/h2-5,11-12H,6-10H2,1H3. The lowest BCUT2D eigenvalue weighted by atomic mass is 10.2. The number of piperazine rings is 1. The number of nitrogens with zero attached hydrogens (tertiary/aromatic N) is 3. The zero-order chi connectivity index (χ0) is 17.2. The van der Waals surface area contributed by atoms with E-state index >= 15 is 0 Å². The van der Waals surface area contributed by atoms with Crippen molar-refractivity contribution in [3.05, 3.63) is 48.2 Å². The van der Waals surface area contributed by atoms with Crippen molar-refractivity contribution in [3.8, 4) is 0 Å². The molecule has 2 aromatic rings. The van der Waals surface area contributed by atoms with Crippen molar-refractivity contribution >= 4 is 15.8 Å². The highest BCUT2D eigenvalue weighted by Crippen LogP contribution is 2.19. The van der Waals surface area contributed by atoms with E-state index in [4.69, 9.17) is 4.42 Å². The summed E-state index contributed by atoms with van der Waals surface area (Å²) in [6.07, 6.45) is 2.99. The summed E-state index contributed by atoms with van der Waals surface area (Å²) in [6.45, 7) is 4.23. The molecule has 0 N–H and O–H groups in total. The Kier molecular flexibility index (Phi) is 4.79. The van der Waals surface area contributed by atoms with E-state index in [9.17, 15) is 13.2 Å². The summed E-state index contributed by atoms with van der Waals surface area (Å²) in [5, 5.41) is 0. The molecule has 0 aliphatic carbocycles.